The molecule has 2 aliphatic rings. The molecular formula is C23H24ClN3O2S. The van der Waals surface area contributed by atoms with Crippen LogP contribution in [-0.4, -0.2) is 39.5 Å². The van der Waals surface area contributed by atoms with E-state index < -0.39 is 0 Å². The number of hydrogen-bond acceptors (Lipinski definition) is 4. The molecular weight excluding hydrogens is 418 g/mol. The lowest BCUT2D eigenvalue weighted by atomic mass is 9.93. The maximum atomic E-state index is 13.3. The number of hydrogen-bond donors (Lipinski definition) is 1. The van der Waals surface area contributed by atoms with Gasteiger partial charge in [-0.15, -0.1) is 11.8 Å². The number of rotatable bonds is 5. The Labute approximate surface area is 185 Å². The molecule has 1 N–H and O–H groups in total. The minimum Gasteiger partial charge on any atom is -0.349 e. The number of fused-ring (bicyclic) bond motifs is 1. The SMILES string of the molecule is O=C(CN1C(=O)/C(=C\c2cccc(Cl)c2)SC2CCCCC21)NCc1ccccn1. The summed E-state index contributed by atoms with van der Waals surface area (Å²) >= 11 is 7.75. The number of carbonyl (C=O) groups excluding carboxylic acids is 2. The number of nitrogens with zero attached hydrogens (tertiary/aromatic N) is 2. The Bertz CT molecular complexity index is 950. The fourth-order valence-corrected chi connectivity index (χ4v) is 5.68. The van der Waals surface area contributed by atoms with Gasteiger partial charge in [-0.1, -0.05) is 42.6 Å². The zero-order valence-electron chi connectivity index (χ0n) is 16.6. The monoisotopic (exact) mass is 441 g/mol. The Kier molecular flexibility index (Phi) is 6.75. The molecule has 1 aromatic carbocycles. The molecule has 2 aromatic rings. The Morgan fingerprint density at radius 2 is 2.10 bits per heavy atom. The van der Waals surface area contributed by atoms with Gasteiger partial charge in [0.1, 0.15) is 6.54 Å². The van der Waals surface area contributed by atoms with E-state index >= 15 is 0 Å². The molecule has 2 fully saturated rings. The highest BCUT2D eigenvalue weighted by Gasteiger charge is 2.41. The van der Waals surface area contributed by atoms with E-state index in [9.17, 15) is 9.59 Å². The molecule has 0 spiro atoms. The first-order valence-corrected chi connectivity index (χ1v) is 11.5. The van der Waals surface area contributed by atoms with Gasteiger partial charge < -0.3 is 10.2 Å². The summed E-state index contributed by atoms with van der Waals surface area (Å²) in [7, 11) is 0. The van der Waals surface area contributed by atoms with Crippen molar-refractivity contribution in [2.75, 3.05) is 6.54 Å². The molecule has 1 aromatic heterocycles. The topological polar surface area (TPSA) is 62.3 Å². The maximum Gasteiger partial charge on any atom is 0.261 e. The van der Waals surface area contributed by atoms with E-state index in [1.165, 1.54) is 0 Å². The van der Waals surface area contributed by atoms with Crippen molar-refractivity contribution in [3.05, 3.63) is 69.8 Å². The number of thioether (sulfide) groups is 1. The highest BCUT2D eigenvalue weighted by Crippen LogP contribution is 2.42. The summed E-state index contributed by atoms with van der Waals surface area (Å²) in [6, 6.07) is 13.2. The second-order valence-corrected chi connectivity index (χ2v) is 9.32. The third-order valence-electron chi connectivity index (χ3n) is 5.47. The second kappa shape index (κ2) is 9.67. The summed E-state index contributed by atoms with van der Waals surface area (Å²) in [5, 5.41) is 3.86. The van der Waals surface area contributed by atoms with Crippen LogP contribution in [0.15, 0.2) is 53.6 Å². The molecule has 4 rings (SSSR count). The van der Waals surface area contributed by atoms with Crippen LogP contribution in [0.3, 0.4) is 0 Å². The third kappa shape index (κ3) is 5.05. The molecule has 156 valence electrons. The number of aromatic nitrogens is 1. The molecule has 1 saturated carbocycles. The maximum absolute atomic E-state index is 13.3. The smallest absolute Gasteiger partial charge is 0.261 e. The van der Waals surface area contributed by atoms with Crippen LogP contribution in [0.1, 0.15) is 36.9 Å². The highest BCUT2D eigenvalue weighted by molar-refractivity contribution is 8.04. The van der Waals surface area contributed by atoms with Crippen LogP contribution in [0.5, 0.6) is 0 Å². The predicted molar refractivity (Wildman–Crippen MR) is 121 cm³/mol. The van der Waals surface area contributed by atoms with Crippen LogP contribution >= 0.6 is 23.4 Å². The van der Waals surface area contributed by atoms with Crippen LogP contribution in [-0.2, 0) is 16.1 Å². The van der Waals surface area contributed by atoms with Gasteiger partial charge in [0.05, 0.1) is 17.1 Å². The van der Waals surface area contributed by atoms with Crippen LogP contribution in [0.4, 0.5) is 0 Å². The first-order valence-electron chi connectivity index (χ1n) is 10.2. The molecule has 5 nitrogen and oxygen atoms in total. The third-order valence-corrected chi connectivity index (χ3v) is 7.11. The number of carbonyl (C=O) groups is 2. The van der Waals surface area contributed by atoms with Gasteiger partial charge in [-0.2, -0.15) is 0 Å². The number of benzene rings is 1. The van der Waals surface area contributed by atoms with Gasteiger partial charge in [-0.3, -0.25) is 14.6 Å². The number of pyridine rings is 1. The van der Waals surface area contributed by atoms with Crippen molar-refractivity contribution in [2.45, 2.75) is 43.5 Å². The van der Waals surface area contributed by atoms with E-state index in [4.69, 9.17) is 11.6 Å². The Hall–Kier alpha value is -2.31. The zero-order valence-corrected chi connectivity index (χ0v) is 18.2. The van der Waals surface area contributed by atoms with E-state index in [1.807, 2.05) is 48.5 Å². The standard InChI is InChI=1S/C23H24ClN3O2S/c24-17-7-5-6-16(12-17)13-21-23(29)27(19-9-1-2-10-20(19)30-21)15-22(28)26-14-18-8-3-4-11-25-18/h3-8,11-13,19-20H,1-2,9-10,14-15H2,(H,26,28)/b21-13+. The minimum absolute atomic E-state index is 0.0697. The number of halogens is 1. The van der Waals surface area contributed by atoms with Crippen molar-refractivity contribution in [3.8, 4) is 0 Å². The summed E-state index contributed by atoms with van der Waals surface area (Å²) in [4.78, 5) is 32.6. The predicted octanol–water partition coefficient (Wildman–Crippen LogP) is 4.28. The quantitative estimate of drug-likeness (QED) is 0.703. The highest BCUT2D eigenvalue weighted by atomic mass is 35.5. The van der Waals surface area contributed by atoms with Gasteiger partial charge in [0, 0.05) is 22.5 Å². The zero-order chi connectivity index (χ0) is 20.9. The van der Waals surface area contributed by atoms with Gasteiger partial charge in [0.25, 0.3) is 5.91 Å². The van der Waals surface area contributed by atoms with Crippen molar-refractivity contribution in [1.29, 1.82) is 0 Å². The van der Waals surface area contributed by atoms with Crippen molar-refractivity contribution in [1.82, 2.24) is 15.2 Å². The Morgan fingerprint density at radius 1 is 1.23 bits per heavy atom. The molecule has 0 radical (unpaired) electrons. The van der Waals surface area contributed by atoms with E-state index in [-0.39, 0.29) is 24.4 Å². The van der Waals surface area contributed by atoms with Gasteiger partial charge in [-0.25, -0.2) is 0 Å². The minimum atomic E-state index is -0.160. The molecule has 0 bridgehead atoms. The van der Waals surface area contributed by atoms with Crippen molar-refractivity contribution >= 4 is 41.3 Å². The fraction of sp³-hybridized carbons (Fsp3) is 0.348. The summed E-state index contributed by atoms with van der Waals surface area (Å²) in [5.41, 5.74) is 1.69. The lowest BCUT2D eigenvalue weighted by molar-refractivity contribution is -0.135. The van der Waals surface area contributed by atoms with Gasteiger partial charge in [-0.05, 0) is 48.7 Å². The average molecular weight is 442 g/mol. The van der Waals surface area contributed by atoms with E-state index in [1.54, 1.807) is 22.9 Å². The summed E-state index contributed by atoms with van der Waals surface area (Å²) < 4.78 is 0. The van der Waals surface area contributed by atoms with Crippen LogP contribution < -0.4 is 5.32 Å². The molecule has 7 heteroatoms. The molecule has 1 aliphatic carbocycles. The summed E-state index contributed by atoms with van der Waals surface area (Å²) in [6.45, 7) is 0.427. The second-order valence-electron chi connectivity index (χ2n) is 7.60. The van der Waals surface area contributed by atoms with Gasteiger partial charge >= 0.3 is 0 Å². The average Bonchev–Trinajstić information content (AvgIpc) is 2.76. The van der Waals surface area contributed by atoms with Crippen LogP contribution in [0, 0.1) is 0 Å². The first-order chi connectivity index (χ1) is 14.6. The van der Waals surface area contributed by atoms with Crippen LogP contribution in [0.25, 0.3) is 6.08 Å². The summed E-state index contributed by atoms with van der Waals surface area (Å²) in [5.74, 6) is -0.233. The molecule has 2 heterocycles. The van der Waals surface area contributed by atoms with Crippen molar-refractivity contribution in [2.24, 2.45) is 0 Å². The number of nitrogens with one attached hydrogen (secondary N) is 1. The molecule has 2 atom stereocenters. The lowest BCUT2D eigenvalue weighted by Gasteiger charge is -2.43. The molecule has 2 amide bonds. The first kappa shape index (κ1) is 20.9. The van der Waals surface area contributed by atoms with Gasteiger partial charge in [0.15, 0.2) is 0 Å². The molecule has 2 unspecified atom stereocenters. The van der Waals surface area contributed by atoms with E-state index in [2.05, 4.69) is 10.3 Å². The van der Waals surface area contributed by atoms with E-state index in [0.29, 0.717) is 21.7 Å². The fourth-order valence-electron chi connectivity index (χ4n) is 4.01. The van der Waals surface area contributed by atoms with Gasteiger partial charge in [0.2, 0.25) is 5.91 Å². The number of amides is 2. The van der Waals surface area contributed by atoms with Crippen LogP contribution in [0.2, 0.25) is 5.02 Å². The Balaban J connectivity index is 1.50. The molecule has 30 heavy (non-hydrogen) atoms. The summed E-state index contributed by atoms with van der Waals surface area (Å²) in [6.07, 6.45) is 7.85. The van der Waals surface area contributed by atoms with E-state index in [0.717, 1.165) is 36.9 Å². The largest absolute Gasteiger partial charge is 0.349 e. The van der Waals surface area contributed by atoms with Crippen molar-refractivity contribution < 1.29 is 9.59 Å². The van der Waals surface area contributed by atoms with Crippen molar-refractivity contribution in [3.63, 3.8) is 0 Å². The normalized spacial score (nSPS) is 22.6. The Morgan fingerprint density at radius 3 is 2.90 bits per heavy atom. The molecule has 1 saturated heterocycles. The lowest BCUT2D eigenvalue weighted by Crippen LogP contribution is -2.54. The molecule has 1 aliphatic heterocycles.